The molecule has 6 unspecified atom stereocenters. The van der Waals surface area contributed by atoms with Gasteiger partial charge in [-0.1, -0.05) is 0 Å². The molecule has 2 heterocycles. The maximum atomic E-state index is 11.0. The lowest BCUT2D eigenvalue weighted by Crippen LogP contribution is -2.65. The summed E-state index contributed by atoms with van der Waals surface area (Å²) in [5.41, 5.74) is 0. The highest BCUT2D eigenvalue weighted by atomic mass is 16.7. The van der Waals surface area contributed by atoms with Crippen LogP contribution in [0.1, 0.15) is 0 Å². The number of hydrogen-bond donors (Lipinski definition) is 8. The minimum atomic E-state index is -1.93. The number of aliphatic carboxylic acids is 1. The summed E-state index contributed by atoms with van der Waals surface area (Å²) in [5, 5.41) is 76.4. The number of hydrogen-bond acceptors (Lipinski definition) is 11. The van der Waals surface area contributed by atoms with Crippen LogP contribution in [0.15, 0.2) is 0 Å². The fourth-order valence-corrected chi connectivity index (χ4v) is 2.55. The predicted molar refractivity (Wildman–Crippen MR) is 69.2 cm³/mol. The van der Waals surface area contributed by atoms with Gasteiger partial charge in [-0.3, -0.25) is 0 Å². The zero-order valence-corrected chi connectivity index (χ0v) is 12.2. The Kier molecular flexibility index (Phi) is 6.09. The number of carboxylic acids is 1. The third-order valence-electron chi connectivity index (χ3n) is 3.94. The number of aliphatic hydroxyl groups is 7. The summed E-state index contributed by atoms with van der Waals surface area (Å²) in [7, 11) is 0. The Morgan fingerprint density at radius 2 is 1.50 bits per heavy atom. The van der Waals surface area contributed by atoms with E-state index in [2.05, 4.69) is 0 Å². The normalized spacial score (nSPS) is 49.8. The molecule has 0 aliphatic carbocycles. The Morgan fingerprint density at radius 3 is 2.04 bits per heavy atom. The summed E-state index contributed by atoms with van der Waals surface area (Å²) in [4.78, 5) is 11.0. The number of carbonyl (C=O) groups is 1. The van der Waals surface area contributed by atoms with Gasteiger partial charge in [0.25, 0.3) is 0 Å². The summed E-state index contributed by atoms with van der Waals surface area (Å²) in [5.74, 6) is -1.64. The van der Waals surface area contributed by atoms with Crippen LogP contribution in [-0.4, -0.2) is 115 Å². The molecule has 0 amide bonds. The van der Waals surface area contributed by atoms with Crippen LogP contribution < -0.4 is 0 Å². The molecule has 2 rings (SSSR count). The van der Waals surface area contributed by atoms with Crippen molar-refractivity contribution in [3.05, 3.63) is 0 Å². The number of carboxylic acid groups (broad SMARTS) is 1. The quantitative estimate of drug-likeness (QED) is 0.238. The van der Waals surface area contributed by atoms with E-state index in [9.17, 15) is 35.4 Å². The van der Waals surface area contributed by atoms with Crippen LogP contribution in [0.3, 0.4) is 0 Å². The van der Waals surface area contributed by atoms with Gasteiger partial charge < -0.3 is 55.1 Å². The molecule has 0 spiro atoms. The van der Waals surface area contributed by atoms with Crippen molar-refractivity contribution in [1.29, 1.82) is 0 Å². The molecule has 12 nitrogen and oxygen atoms in total. The van der Waals surface area contributed by atoms with E-state index in [0.29, 0.717) is 0 Å². The first-order valence-electron chi connectivity index (χ1n) is 7.07. The van der Waals surface area contributed by atoms with Gasteiger partial charge in [-0.25, -0.2) is 4.79 Å². The highest BCUT2D eigenvalue weighted by Gasteiger charge is 2.51. The molecule has 2 saturated heterocycles. The molecule has 2 fully saturated rings. The summed E-state index contributed by atoms with van der Waals surface area (Å²) >= 11 is 0. The van der Waals surface area contributed by atoms with Crippen LogP contribution in [0.5, 0.6) is 0 Å². The van der Waals surface area contributed by atoms with Crippen LogP contribution in [-0.2, 0) is 19.0 Å². The Labute approximate surface area is 135 Å². The van der Waals surface area contributed by atoms with Gasteiger partial charge in [0.15, 0.2) is 18.7 Å². The first kappa shape index (κ1) is 19.4. The molecule has 10 atom stereocenters. The van der Waals surface area contributed by atoms with Gasteiger partial charge >= 0.3 is 5.97 Å². The minimum absolute atomic E-state index is 0.724. The SMILES string of the molecule is O=C(O)C1O[C@@H](OC2C(O)[C@H](O)OC(CO)[C@@H]2O)C(O)C(O)[C@@H]1O. The van der Waals surface area contributed by atoms with E-state index in [1.165, 1.54) is 0 Å². The minimum Gasteiger partial charge on any atom is -0.479 e. The first-order valence-corrected chi connectivity index (χ1v) is 7.07. The zero-order valence-electron chi connectivity index (χ0n) is 12.2. The fraction of sp³-hybridized carbons (Fsp3) is 0.917. The van der Waals surface area contributed by atoms with Crippen LogP contribution in [0, 0.1) is 0 Å². The van der Waals surface area contributed by atoms with E-state index in [4.69, 9.17) is 24.4 Å². The van der Waals surface area contributed by atoms with Crippen LogP contribution in [0.4, 0.5) is 0 Å². The third kappa shape index (κ3) is 3.52. The molecule has 12 heteroatoms. The lowest BCUT2D eigenvalue weighted by Gasteiger charge is -2.44. The van der Waals surface area contributed by atoms with Gasteiger partial charge in [0.05, 0.1) is 6.61 Å². The molecule has 2 aliphatic heterocycles. The second kappa shape index (κ2) is 7.53. The van der Waals surface area contributed by atoms with E-state index in [-0.39, 0.29) is 0 Å². The highest BCUT2D eigenvalue weighted by Crippen LogP contribution is 2.28. The maximum absolute atomic E-state index is 11.0. The average molecular weight is 356 g/mol. The Hall–Kier alpha value is -0.930. The van der Waals surface area contributed by atoms with Crippen molar-refractivity contribution in [2.24, 2.45) is 0 Å². The van der Waals surface area contributed by atoms with E-state index in [1.807, 2.05) is 0 Å². The first-order chi connectivity index (χ1) is 11.2. The number of rotatable bonds is 4. The standard InChI is InChI=1S/C12H20O12/c13-1-2-3(14)8(7(18)11(21)22-2)23-12-6(17)4(15)5(16)9(24-12)10(19)20/h2-9,11-18,21H,1H2,(H,19,20)/t2?,3-,4?,5-,6?,7?,8?,9?,11+,12+/m0/s1. The molecule has 2 aliphatic rings. The van der Waals surface area contributed by atoms with E-state index < -0.39 is 74.0 Å². The van der Waals surface area contributed by atoms with E-state index >= 15 is 0 Å². The van der Waals surface area contributed by atoms with Gasteiger partial charge in [-0.15, -0.1) is 0 Å². The third-order valence-corrected chi connectivity index (χ3v) is 3.94. The second-order valence-corrected chi connectivity index (χ2v) is 5.56. The molecule has 0 aromatic rings. The fourth-order valence-electron chi connectivity index (χ4n) is 2.55. The second-order valence-electron chi connectivity index (χ2n) is 5.56. The highest BCUT2D eigenvalue weighted by molar-refractivity contribution is 5.73. The largest absolute Gasteiger partial charge is 0.479 e. The smallest absolute Gasteiger partial charge is 0.335 e. The van der Waals surface area contributed by atoms with Crippen LogP contribution in [0.25, 0.3) is 0 Å². The molecule has 8 N–H and O–H groups in total. The van der Waals surface area contributed by atoms with Crippen LogP contribution >= 0.6 is 0 Å². The Bertz CT molecular complexity index is 446. The summed E-state index contributed by atoms with van der Waals surface area (Å²) in [6.45, 7) is -0.724. The van der Waals surface area contributed by atoms with Crippen molar-refractivity contribution >= 4 is 5.97 Å². The van der Waals surface area contributed by atoms with Crippen molar-refractivity contribution in [3.8, 4) is 0 Å². The summed E-state index contributed by atoms with van der Waals surface area (Å²) in [6, 6.07) is 0. The van der Waals surface area contributed by atoms with E-state index in [1.54, 1.807) is 0 Å². The molecule has 0 aromatic heterocycles. The molecule has 24 heavy (non-hydrogen) atoms. The lowest BCUT2D eigenvalue weighted by atomic mass is 9.97. The van der Waals surface area contributed by atoms with Gasteiger partial charge in [-0.2, -0.15) is 0 Å². The van der Waals surface area contributed by atoms with Gasteiger partial charge in [0, 0.05) is 0 Å². The topological polar surface area (TPSA) is 207 Å². The van der Waals surface area contributed by atoms with Crippen molar-refractivity contribution < 1.29 is 59.9 Å². The average Bonchev–Trinajstić information content (AvgIpc) is 2.54. The predicted octanol–water partition coefficient (Wildman–Crippen LogP) is -5.30. The van der Waals surface area contributed by atoms with Crippen LogP contribution in [0.2, 0.25) is 0 Å². The summed E-state index contributed by atoms with van der Waals surface area (Å²) in [6.07, 6.45) is -17.8. The Morgan fingerprint density at radius 1 is 0.875 bits per heavy atom. The molecule has 0 aromatic carbocycles. The molecule has 0 radical (unpaired) electrons. The lowest BCUT2D eigenvalue weighted by molar-refractivity contribution is -0.351. The maximum Gasteiger partial charge on any atom is 0.335 e. The molecule has 140 valence electrons. The molecule has 0 saturated carbocycles. The van der Waals surface area contributed by atoms with Gasteiger partial charge in [-0.05, 0) is 0 Å². The molecular formula is C12H20O12. The molecular weight excluding hydrogens is 336 g/mol. The monoisotopic (exact) mass is 356 g/mol. The van der Waals surface area contributed by atoms with E-state index in [0.717, 1.165) is 0 Å². The van der Waals surface area contributed by atoms with Crippen molar-refractivity contribution in [3.63, 3.8) is 0 Å². The number of ether oxygens (including phenoxy) is 3. The van der Waals surface area contributed by atoms with Crippen molar-refractivity contribution in [2.45, 2.75) is 61.4 Å². The summed E-state index contributed by atoms with van der Waals surface area (Å²) < 4.78 is 14.7. The van der Waals surface area contributed by atoms with Crippen molar-refractivity contribution in [1.82, 2.24) is 0 Å². The molecule has 0 bridgehead atoms. The number of aliphatic hydroxyl groups excluding tert-OH is 7. The Balaban J connectivity index is 2.16. The van der Waals surface area contributed by atoms with Gasteiger partial charge in [0.2, 0.25) is 0 Å². The van der Waals surface area contributed by atoms with Crippen molar-refractivity contribution in [2.75, 3.05) is 6.61 Å². The van der Waals surface area contributed by atoms with Gasteiger partial charge in [0.1, 0.15) is 42.7 Å². The zero-order chi connectivity index (χ0) is 18.2.